The molecule has 94 valence electrons. The fourth-order valence-corrected chi connectivity index (χ4v) is 4.29. The summed E-state index contributed by atoms with van der Waals surface area (Å²) in [5, 5.41) is 9.09. The summed E-state index contributed by atoms with van der Waals surface area (Å²) in [4.78, 5) is 12.1. The largest absolute Gasteiger partial charge is 0.480 e. The van der Waals surface area contributed by atoms with Gasteiger partial charge in [0.05, 0.1) is 9.83 Å². The molecule has 1 aromatic heterocycles. The first kappa shape index (κ1) is 13.2. The molecule has 0 spiro atoms. The van der Waals surface area contributed by atoms with E-state index in [1.807, 2.05) is 12.1 Å². The number of rotatable bonds is 2. The molecule has 2 rings (SSSR count). The van der Waals surface area contributed by atoms with Crippen molar-refractivity contribution in [1.82, 2.24) is 9.03 Å². The normalized spacial score (nSPS) is 30.4. The van der Waals surface area contributed by atoms with E-state index in [4.69, 9.17) is 5.11 Å². The van der Waals surface area contributed by atoms with Crippen LogP contribution in [0.4, 0.5) is 0 Å². The predicted molar refractivity (Wildman–Crippen MR) is 69.8 cm³/mol. The number of halogens is 1. The first-order valence-corrected chi connectivity index (χ1v) is 7.59. The van der Waals surface area contributed by atoms with Crippen molar-refractivity contribution in [2.45, 2.75) is 18.5 Å². The number of carboxylic acid groups (broad SMARTS) is 1. The van der Waals surface area contributed by atoms with Crippen LogP contribution in [-0.4, -0.2) is 32.7 Å². The Balaban J connectivity index is 2.21. The molecule has 17 heavy (non-hydrogen) atoms. The number of hydrogen-bond acceptors (Lipinski definition) is 3. The molecule has 2 N–H and O–H groups in total. The Morgan fingerprint density at radius 2 is 2.41 bits per heavy atom. The second-order valence-electron chi connectivity index (χ2n) is 3.70. The molecule has 2 heterocycles. The molecule has 0 bridgehead atoms. The fraction of sp³-hybridized carbons (Fsp3) is 0.444. The lowest BCUT2D eigenvalue weighted by molar-refractivity contribution is -0.141. The van der Waals surface area contributed by atoms with Gasteiger partial charge in [-0.2, -0.15) is 0 Å². The molecule has 1 fully saturated rings. The quantitative estimate of drug-likeness (QED) is 0.858. The zero-order valence-electron chi connectivity index (χ0n) is 8.92. The van der Waals surface area contributed by atoms with Crippen LogP contribution in [0.15, 0.2) is 15.9 Å². The van der Waals surface area contributed by atoms with Crippen LogP contribution in [0.1, 0.15) is 17.3 Å². The Bertz CT molecular complexity index is 465. The average Bonchev–Trinajstić information content (AvgIpc) is 2.68. The van der Waals surface area contributed by atoms with Crippen LogP contribution in [0.5, 0.6) is 0 Å². The van der Waals surface area contributed by atoms with Crippen LogP contribution in [0.2, 0.25) is 0 Å². The van der Waals surface area contributed by atoms with Crippen molar-refractivity contribution in [2.24, 2.45) is 0 Å². The molecule has 1 aliphatic rings. The second kappa shape index (κ2) is 5.15. The minimum Gasteiger partial charge on any atom is -0.480 e. The molecule has 0 radical (unpaired) electrons. The van der Waals surface area contributed by atoms with Gasteiger partial charge < -0.3 is 5.11 Å². The molecule has 1 saturated heterocycles. The van der Waals surface area contributed by atoms with E-state index >= 15 is 0 Å². The minimum absolute atomic E-state index is 0.176. The first-order chi connectivity index (χ1) is 7.99. The Labute approximate surface area is 114 Å². The third-order valence-electron chi connectivity index (χ3n) is 2.63. The van der Waals surface area contributed by atoms with Crippen molar-refractivity contribution in [3.05, 3.63) is 20.8 Å². The van der Waals surface area contributed by atoms with Gasteiger partial charge in [-0.25, -0.2) is 13.2 Å². The van der Waals surface area contributed by atoms with Gasteiger partial charge in [-0.05, 0) is 34.5 Å². The van der Waals surface area contributed by atoms with Gasteiger partial charge in [-0.1, -0.05) is 0 Å². The first-order valence-electron chi connectivity index (χ1n) is 4.88. The number of thiophene rings is 1. The number of nitrogens with one attached hydrogen (secondary N) is 1. The predicted octanol–water partition coefficient (Wildman–Crippen LogP) is 1.51. The highest BCUT2D eigenvalue weighted by Crippen LogP contribution is 2.33. The number of nitrogens with zero attached hydrogens (tertiary/aromatic N) is 1. The number of carbonyl (C=O) groups is 1. The number of carboxylic acids is 1. The molecular formula is C9H11BrN2O3S2. The Morgan fingerprint density at radius 3 is 2.94 bits per heavy atom. The van der Waals surface area contributed by atoms with Gasteiger partial charge in [0, 0.05) is 11.9 Å². The third-order valence-corrected chi connectivity index (χ3v) is 5.63. The summed E-state index contributed by atoms with van der Waals surface area (Å²) < 4.78 is 17.0. The molecule has 0 saturated carbocycles. The fourth-order valence-electron chi connectivity index (χ4n) is 1.69. The van der Waals surface area contributed by atoms with E-state index in [9.17, 15) is 9.00 Å². The van der Waals surface area contributed by atoms with E-state index in [1.165, 1.54) is 15.6 Å². The smallest absolute Gasteiger partial charge is 0.322 e. The van der Waals surface area contributed by atoms with Gasteiger partial charge in [0.25, 0.3) is 0 Å². The molecular weight excluding hydrogens is 328 g/mol. The molecule has 8 heteroatoms. The standard InChI is InChI=1S/C9H11BrN2O3S2/c1-12-6(9(13)14)4-5(11-17(12)15)7-2-3-8(10)16-7/h2-3,5-6,11H,4H2,1H3,(H,13,14). The maximum atomic E-state index is 11.8. The lowest BCUT2D eigenvalue weighted by Crippen LogP contribution is -2.51. The summed E-state index contributed by atoms with van der Waals surface area (Å²) in [6, 6.07) is 2.92. The van der Waals surface area contributed by atoms with E-state index in [-0.39, 0.29) is 6.04 Å². The highest BCUT2D eigenvalue weighted by molar-refractivity contribution is 9.11. The molecule has 0 aromatic carbocycles. The highest BCUT2D eigenvalue weighted by atomic mass is 79.9. The Morgan fingerprint density at radius 1 is 1.71 bits per heavy atom. The zero-order chi connectivity index (χ0) is 12.6. The summed E-state index contributed by atoms with van der Waals surface area (Å²) in [7, 11) is 1.54. The molecule has 1 aliphatic heterocycles. The summed E-state index contributed by atoms with van der Waals surface area (Å²) >= 11 is 3.41. The Kier molecular flexibility index (Phi) is 3.99. The zero-order valence-corrected chi connectivity index (χ0v) is 12.1. The molecule has 0 amide bonds. The molecule has 0 aliphatic carbocycles. The monoisotopic (exact) mass is 338 g/mol. The number of hydrogen-bond donors (Lipinski definition) is 2. The van der Waals surface area contributed by atoms with E-state index in [2.05, 4.69) is 20.7 Å². The van der Waals surface area contributed by atoms with Crippen LogP contribution in [0.25, 0.3) is 0 Å². The van der Waals surface area contributed by atoms with E-state index < -0.39 is 23.2 Å². The number of likely N-dealkylation sites (N-methyl/N-ethyl adjacent to an activating group) is 1. The van der Waals surface area contributed by atoms with E-state index in [0.29, 0.717) is 6.42 Å². The van der Waals surface area contributed by atoms with Crippen LogP contribution >= 0.6 is 27.3 Å². The molecule has 3 atom stereocenters. The number of aliphatic carboxylic acids is 1. The van der Waals surface area contributed by atoms with Crippen LogP contribution in [0.3, 0.4) is 0 Å². The van der Waals surface area contributed by atoms with Crippen LogP contribution < -0.4 is 4.72 Å². The van der Waals surface area contributed by atoms with Gasteiger partial charge in [-0.3, -0.25) is 4.79 Å². The third kappa shape index (κ3) is 2.76. The van der Waals surface area contributed by atoms with Crippen molar-refractivity contribution in [3.8, 4) is 0 Å². The van der Waals surface area contributed by atoms with Crippen molar-refractivity contribution in [2.75, 3.05) is 7.05 Å². The SMILES string of the molecule is CN1C(C(=O)O)CC(c2ccc(Br)s2)NS1=O. The van der Waals surface area contributed by atoms with E-state index in [1.54, 1.807) is 7.05 Å². The van der Waals surface area contributed by atoms with Crippen molar-refractivity contribution in [3.63, 3.8) is 0 Å². The lowest BCUT2D eigenvalue weighted by Gasteiger charge is -2.33. The summed E-state index contributed by atoms with van der Waals surface area (Å²) in [6.45, 7) is 0. The van der Waals surface area contributed by atoms with Gasteiger partial charge in [-0.15, -0.1) is 11.3 Å². The average molecular weight is 339 g/mol. The van der Waals surface area contributed by atoms with Crippen LogP contribution in [0, 0.1) is 0 Å². The molecule has 1 aromatic rings. The minimum atomic E-state index is -1.46. The second-order valence-corrected chi connectivity index (χ2v) is 7.50. The topological polar surface area (TPSA) is 69.6 Å². The lowest BCUT2D eigenvalue weighted by atomic mass is 10.1. The molecule has 5 nitrogen and oxygen atoms in total. The summed E-state index contributed by atoms with van der Waals surface area (Å²) in [5.41, 5.74) is 0. The van der Waals surface area contributed by atoms with Gasteiger partial charge in [0.15, 0.2) is 11.2 Å². The molecule has 3 unspecified atom stereocenters. The summed E-state index contributed by atoms with van der Waals surface area (Å²) in [6.07, 6.45) is 0.407. The highest BCUT2D eigenvalue weighted by Gasteiger charge is 2.36. The van der Waals surface area contributed by atoms with Crippen molar-refractivity contribution in [1.29, 1.82) is 0 Å². The van der Waals surface area contributed by atoms with Crippen molar-refractivity contribution < 1.29 is 14.1 Å². The van der Waals surface area contributed by atoms with Crippen molar-refractivity contribution >= 4 is 44.4 Å². The van der Waals surface area contributed by atoms with Gasteiger partial charge >= 0.3 is 5.97 Å². The maximum Gasteiger partial charge on any atom is 0.322 e. The van der Waals surface area contributed by atoms with Gasteiger partial charge in [0.2, 0.25) is 0 Å². The Hall–Kier alpha value is -0.280. The maximum absolute atomic E-state index is 11.8. The summed E-state index contributed by atoms with van der Waals surface area (Å²) in [5.74, 6) is -0.942. The van der Waals surface area contributed by atoms with Crippen LogP contribution in [-0.2, 0) is 16.0 Å². The van der Waals surface area contributed by atoms with E-state index in [0.717, 1.165) is 8.66 Å². The van der Waals surface area contributed by atoms with Gasteiger partial charge in [0.1, 0.15) is 6.04 Å².